The number of benzene rings is 1. The van der Waals surface area contributed by atoms with E-state index in [1.54, 1.807) is 18.5 Å². The van der Waals surface area contributed by atoms with Crippen LogP contribution >= 0.6 is 11.6 Å². The first-order valence-corrected chi connectivity index (χ1v) is 9.17. The maximum absolute atomic E-state index is 12.6. The number of nitrogens with zero attached hydrogens (tertiary/aromatic N) is 4. The number of carbonyl (C=O) groups excluding carboxylic acids is 1. The molecule has 142 valence electrons. The molecule has 0 spiro atoms. The standard InChI is InChI=1S/C19H21ClN4O3/c1-4-8-15-21-18(27-23-15)13(3)26-19(25)16-12(2)22-24(17(16)20)11-14-9-6-5-7-10-14/h5-7,9-10,13H,4,8,11H2,1-3H3. The molecule has 3 rings (SSSR count). The molecule has 3 aromatic rings. The lowest BCUT2D eigenvalue weighted by atomic mass is 10.2. The van der Waals surface area contributed by atoms with Gasteiger partial charge in [0.15, 0.2) is 11.9 Å². The molecule has 0 amide bonds. The molecule has 0 saturated heterocycles. The largest absolute Gasteiger partial charge is 0.449 e. The van der Waals surface area contributed by atoms with Crippen molar-refractivity contribution in [3.8, 4) is 0 Å². The summed E-state index contributed by atoms with van der Waals surface area (Å²) in [6, 6.07) is 9.75. The van der Waals surface area contributed by atoms with Gasteiger partial charge in [-0.15, -0.1) is 0 Å². The Labute approximate surface area is 162 Å². The van der Waals surface area contributed by atoms with Crippen molar-refractivity contribution in [1.29, 1.82) is 0 Å². The molecular weight excluding hydrogens is 368 g/mol. The molecular formula is C19H21ClN4O3. The van der Waals surface area contributed by atoms with E-state index < -0.39 is 12.1 Å². The Morgan fingerprint density at radius 2 is 2.07 bits per heavy atom. The van der Waals surface area contributed by atoms with Crippen LogP contribution < -0.4 is 0 Å². The van der Waals surface area contributed by atoms with E-state index in [4.69, 9.17) is 20.9 Å². The number of esters is 1. The van der Waals surface area contributed by atoms with Crippen LogP contribution in [0.4, 0.5) is 0 Å². The molecule has 1 aromatic carbocycles. The normalized spacial score (nSPS) is 12.1. The van der Waals surface area contributed by atoms with Crippen LogP contribution in [0.2, 0.25) is 5.15 Å². The first-order valence-electron chi connectivity index (χ1n) is 8.79. The summed E-state index contributed by atoms with van der Waals surface area (Å²) in [5.74, 6) is 0.289. The van der Waals surface area contributed by atoms with E-state index in [1.165, 1.54) is 0 Å². The molecule has 27 heavy (non-hydrogen) atoms. The van der Waals surface area contributed by atoms with Gasteiger partial charge in [-0.1, -0.05) is 54.0 Å². The predicted molar refractivity (Wildman–Crippen MR) is 99.6 cm³/mol. The first-order chi connectivity index (χ1) is 13.0. The van der Waals surface area contributed by atoms with Gasteiger partial charge in [-0.2, -0.15) is 10.1 Å². The van der Waals surface area contributed by atoms with Crippen LogP contribution in [-0.2, 0) is 17.7 Å². The highest BCUT2D eigenvalue weighted by atomic mass is 35.5. The van der Waals surface area contributed by atoms with Crippen LogP contribution in [0.1, 0.15) is 59.7 Å². The van der Waals surface area contributed by atoms with Gasteiger partial charge >= 0.3 is 5.97 Å². The topological polar surface area (TPSA) is 83.0 Å². The molecule has 0 radical (unpaired) electrons. The summed E-state index contributed by atoms with van der Waals surface area (Å²) in [4.78, 5) is 16.9. The number of hydrogen-bond donors (Lipinski definition) is 0. The average molecular weight is 389 g/mol. The zero-order chi connectivity index (χ0) is 19.4. The molecule has 7 nitrogen and oxygen atoms in total. The lowest BCUT2D eigenvalue weighted by Crippen LogP contribution is -2.11. The van der Waals surface area contributed by atoms with Crippen LogP contribution in [0, 0.1) is 6.92 Å². The average Bonchev–Trinajstić information content (AvgIpc) is 3.21. The summed E-state index contributed by atoms with van der Waals surface area (Å²) in [5, 5.41) is 8.48. The highest BCUT2D eigenvalue weighted by molar-refractivity contribution is 6.32. The molecule has 2 heterocycles. The lowest BCUT2D eigenvalue weighted by molar-refractivity contribution is 0.0264. The van der Waals surface area contributed by atoms with Crippen molar-refractivity contribution >= 4 is 17.6 Å². The molecule has 0 saturated carbocycles. The zero-order valence-corrected chi connectivity index (χ0v) is 16.2. The molecule has 1 unspecified atom stereocenters. The summed E-state index contributed by atoms with van der Waals surface area (Å²) in [5.41, 5.74) is 1.78. The monoisotopic (exact) mass is 388 g/mol. The fourth-order valence-corrected chi connectivity index (χ4v) is 2.99. The van der Waals surface area contributed by atoms with Gasteiger partial charge in [0.25, 0.3) is 5.89 Å². The van der Waals surface area contributed by atoms with Crippen molar-refractivity contribution in [2.75, 3.05) is 0 Å². The maximum Gasteiger partial charge on any atom is 0.343 e. The number of aryl methyl sites for hydroxylation is 2. The fraction of sp³-hybridized carbons (Fsp3) is 0.368. The van der Waals surface area contributed by atoms with Crippen molar-refractivity contribution < 1.29 is 14.1 Å². The number of rotatable bonds is 7. The van der Waals surface area contributed by atoms with Gasteiger partial charge in [0.2, 0.25) is 0 Å². The highest BCUT2D eigenvalue weighted by Crippen LogP contribution is 2.25. The molecule has 0 N–H and O–H groups in total. The number of aromatic nitrogens is 4. The zero-order valence-electron chi connectivity index (χ0n) is 15.5. The molecule has 8 heteroatoms. The van der Waals surface area contributed by atoms with Crippen LogP contribution in [0.5, 0.6) is 0 Å². The Kier molecular flexibility index (Phi) is 5.91. The quantitative estimate of drug-likeness (QED) is 0.565. The Morgan fingerprint density at radius 3 is 2.78 bits per heavy atom. The summed E-state index contributed by atoms with van der Waals surface area (Å²) < 4.78 is 12.2. The Morgan fingerprint density at radius 1 is 1.33 bits per heavy atom. The van der Waals surface area contributed by atoms with Crippen LogP contribution in [0.15, 0.2) is 34.9 Å². The van der Waals surface area contributed by atoms with Gasteiger partial charge in [-0.3, -0.25) is 0 Å². The molecule has 0 bridgehead atoms. The highest BCUT2D eigenvalue weighted by Gasteiger charge is 2.26. The van der Waals surface area contributed by atoms with Crippen LogP contribution in [-0.4, -0.2) is 25.9 Å². The number of hydrogen-bond acceptors (Lipinski definition) is 6. The van der Waals surface area contributed by atoms with Gasteiger partial charge in [-0.05, 0) is 25.8 Å². The van der Waals surface area contributed by atoms with Gasteiger partial charge in [-0.25, -0.2) is 9.48 Å². The van der Waals surface area contributed by atoms with Crippen molar-refractivity contribution in [1.82, 2.24) is 19.9 Å². The van der Waals surface area contributed by atoms with Crippen molar-refractivity contribution in [3.05, 3.63) is 64.0 Å². The fourth-order valence-electron chi connectivity index (χ4n) is 2.67. The molecule has 1 atom stereocenters. The smallest absolute Gasteiger partial charge is 0.343 e. The van der Waals surface area contributed by atoms with E-state index in [2.05, 4.69) is 15.2 Å². The SMILES string of the molecule is CCCc1noc(C(C)OC(=O)c2c(C)nn(Cc3ccccc3)c2Cl)n1. The third-order valence-electron chi connectivity index (χ3n) is 4.03. The minimum absolute atomic E-state index is 0.241. The van der Waals surface area contributed by atoms with Crippen molar-refractivity contribution in [2.45, 2.75) is 46.3 Å². The van der Waals surface area contributed by atoms with Gasteiger partial charge in [0, 0.05) is 6.42 Å². The second-order valence-corrected chi connectivity index (χ2v) is 6.60. The summed E-state index contributed by atoms with van der Waals surface area (Å²) >= 11 is 6.40. The number of ether oxygens (including phenoxy) is 1. The Balaban J connectivity index is 1.74. The Hall–Kier alpha value is -2.67. The summed E-state index contributed by atoms with van der Waals surface area (Å²) in [6.45, 7) is 5.89. The molecule has 0 aliphatic carbocycles. The Bertz CT molecular complexity index is 920. The molecule has 2 aromatic heterocycles. The number of halogens is 1. The third kappa shape index (κ3) is 4.36. The van der Waals surface area contributed by atoms with Gasteiger partial charge in [0.05, 0.1) is 12.2 Å². The molecule has 0 fully saturated rings. The predicted octanol–water partition coefficient (Wildman–Crippen LogP) is 4.15. The minimum atomic E-state index is -0.677. The van der Waals surface area contributed by atoms with E-state index >= 15 is 0 Å². The van der Waals surface area contributed by atoms with E-state index in [1.807, 2.05) is 37.3 Å². The first kappa shape index (κ1) is 19.1. The second kappa shape index (κ2) is 8.35. The van der Waals surface area contributed by atoms with E-state index in [-0.39, 0.29) is 16.6 Å². The van der Waals surface area contributed by atoms with E-state index in [9.17, 15) is 4.79 Å². The van der Waals surface area contributed by atoms with E-state index in [0.717, 1.165) is 12.0 Å². The third-order valence-corrected chi connectivity index (χ3v) is 4.42. The molecule has 0 aliphatic rings. The van der Waals surface area contributed by atoms with Crippen molar-refractivity contribution in [2.24, 2.45) is 0 Å². The van der Waals surface area contributed by atoms with Gasteiger partial charge in [0.1, 0.15) is 10.7 Å². The maximum atomic E-state index is 12.6. The van der Waals surface area contributed by atoms with Crippen molar-refractivity contribution in [3.63, 3.8) is 0 Å². The minimum Gasteiger partial charge on any atom is -0.449 e. The molecule has 0 aliphatic heterocycles. The summed E-state index contributed by atoms with van der Waals surface area (Å²) in [7, 11) is 0. The van der Waals surface area contributed by atoms with Crippen LogP contribution in [0.3, 0.4) is 0 Å². The van der Waals surface area contributed by atoms with Gasteiger partial charge < -0.3 is 9.26 Å². The second-order valence-electron chi connectivity index (χ2n) is 6.24. The van der Waals surface area contributed by atoms with E-state index in [0.29, 0.717) is 24.5 Å². The summed E-state index contributed by atoms with van der Waals surface area (Å²) in [6.07, 6.45) is 0.938. The lowest BCUT2D eigenvalue weighted by Gasteiger charge is -2.09. The van der Waals surface area contributed by atoms with Crippen LogP contribution in [0.25, 0.3) is 0 Å². The number of carbonyl (C=O) groups is 1.